The Hall–Kier alpha value is -1.47. The minimum Gasteiger partial charge on any atom is -0.494 e. The Morgan fingerprint density at radius 3 is 2.62 bits per heavy atom. The molecule has 1 saturated carbocycles. The van der Waals surface area contributed by atoms with Crippen molar-refractivity contribution in [3.63, 3.8) is 0 Å². The number of rotatable bonds is 6. The highest BCUT2D eigenvalue weighted by Gasteiger charge is 2.27. The third-order valence-corrected chi connectivity index (χ3v) is 5.54. The molecule has 0 radical (unpaired) electrons. The van der Waals surface area contributed by atoms with Gasteiger partial charge < -0.3 is 4.74 Å². The molecule has 3 rings (SSSR count). The van der Waals surface area contributed by atoms with Crippen LogP contribution in [0.5, 0.6) is 5.75 Å². The molecule has 0 amide bonds. The Labute approximate surface area is 151 Å². The molecule has 0 bridgehead atoms. The van der Waals surface area contributed by atoms with Gasteiger partial charge in [0.05, 0.1) is 6.61 Å². The van der Waals surface area contributed by atoms with E-state index in [-0.39, 0.29) is 0 Å². The Bertz CT molecular complexity index is 649. The van der Waals surface area contributed by atoms with Crippen LogP contribution >= 0.6 is 11.6 Å². The van der Waals surface area contributed by atoms with Crippen molar-refractivity contribution in [2.24, 2.45) is 5.92 Å². The molecule has 0 spiro atoms. The molecule has 24 heavy (non-hydrogen) atoms. The smallest absolute Gasteiger partial charge is 0.119 e. The van der Waals surface area contributed by atoms with Crippen molar-refractivity contribution >= 4 is 11.6 Å². The van der Waals surface area contributed by atoms with Crippen molar-refractivity contribution in [3.05, 3.63) is 64.7 Å². The van der Waals surface area contributed by atoms with Crippen LogP contribution in [0.15, 0.2) is 48.5 Å². The molecule has 0 aliphatic heterocycles. The highest BCUT2D eigenvalue weighted by atomic mass is 35.5. The molecule has 0 heterocycles. The maximum Gasteiger partial charge on any atom is 0.119 e. The SMILES string of the molecule is CCOc1ccc([C@@H]2CCC(C[C@H](C)c3cccc(Cl)c3)C2)cc1. The van der Waals surface area contributed by atoms with Crippen molar-refractivity contribution in [1.82, 2.24) is 0 Å². The molecule has 1 nitrogen and oxygen atoms in total. The second-order valence-corrected chi connectivity index (χ2v) is 7.51. The summed E-state index contributed by atoms with van der Waals surface area (Å²) in [5.74, 6) is 3.07. The predicted octanol–water partition coefficient (Wildman–Crippen LogP) is 6.82. The maximum absolute atomic E-state index is 6.13. The standard InChI is InChI=1S/C22H27ClO/c1-3-24-22-11-9-18(10-12-22)20-8-7-17(14-20)13-16(2)19-5-4-6-21(23)15-19/h4-6,9-12,15-17,20H,3,7-8,13-14H2,1-2H3/t16-,17?,20+/m0/s1. The molecule has 3 atom stereocenters. The molecular formula is C22H27ClO. The first-order valence-electron chi connectivity index (χ1n) is 9.14. The van der Waals surface area contributed by atoms with Crippen LogP contribution in [-0.2, 0) is 0 Å². The van der Waals surface area contributed by atoms with Gasteiger partial charge in [-0.25, -0.2) is 0 Å². The van der Waals surface area contributed by atoms with Crippen molar-refractivity contribution in [2.45, 2.75) is 51.4 Å². The quantitative estimate of drug-likeness (QED) is 0.559. The summed E-state index contributed by atoms with van der Waals surface area (Å²) in [6.45, 7) is 5.08. The number of ether oxygens (including phenoxy) is 1. The van der Waals surface area contributed by atoms with E-state index in [2.05, 4.69) is 49.4 Å². The van der Waals surface area contributed by atoms with Gasteiger partial charge in [-0.1, -0.05) is 42.8 Å². The van der Waals surface area contributed by atoms with E-state index in [4.69, 9.17) is 16.3 Å². The first-order chi connectivity index (χ1) is 11.7. The molecule has 0 aromatic heterocycles. The molecule has 1 aliphatic rings. The van der Waals surface area contributed by atoms with Gasteiger partial charge in [-0.15, -0.1) is 0 Å². The summed E-state index contributed by atoms with van der Waals surface area (Å²) in [5.41, 5.74) is 2.84. The average Bonchev–Trinajstić information content (AvgIpc) is 3.04. The van der Waals surface area contributed by atoms with E-state index >= 15 is 0 Å². The molecule has 2 aromatic carbocycles. The van der Waals surface area contributed by atoms with Crippen LogP contribution in [0.2, 0.25) is 5.02 Å². The summed E-state index contributed by atoms with van der Waals surface area (Å²) in [4.78, 5) is 0. The van der Waals surface area contributed by atoms with Gasteiger partial charge >= 0.3 is 0 Å². The number of benzene rings is 2. The van der Waals surface area contributed by atoms with E-state index in [0.717, 1.165) is 23.3 Å². The Morgan fingerprint density at radius 1 is 1.12 bits per heavy atom. The van der Waals surface area contributed by atoms with E-state index in [1.54, 1.807) is 0 Å². The second-order valence-electron chi connectivity index (χ2n) is 7.07. The van der Waals surface area contributed by atoms with Crippen LogP contribution in [0.1, 0.15) is 62.5 Å². The fourth-order valence-corrected chi connectivity index (χ4v) is 4.24. The minimum atomic E-state index is 0.577. The van der Waals surface area contributed by atoms with Gasteiger partial charge in [0.2, 0.25) is 0 Å². The van der Waals surface area contributed by atoms with Gasteiger partial charge in [0, 0.05) is 5.02 Å². The fourth-order valence-electron chi connectivity index (χ4n) is 4.04. The molecule has 0 N–H and O–H groups in total. The summed E-state index contributed by atoms with van der Waals surface area (Å²) in [7, 11) is 0. The van der Waals surface area contributed by atoms with Gasteiger partial charge in [0.25, 0.3) is 0 Å². The van der Waals surface area contributed by atoms with E-state index in [1.165, 1.54) is 36.8 Å². The van der Waals surface area contributed by atoms with E-state index < -0.39 is 0 Å². The van der Waals surface area contributed by atoms with Gasteiger partial charge in [0.15, 0.2) is 0 Å². The average molecular weight is 343 g/mol. The van der Waals surface area contributed by atoms with Crippen molar-refractivity contribution < 1.29 is 4.74 Å². The largest absolute Gasteiger partial charge is 0.494 e. The van der Waals surface area contributed by atoms with Crippen LogP contribution in [0.3, 0.4) is 0 Å². The molecule has 0 saturated heterocycles. The maximum atomic E-state index is 6.13. The van der Waals surface area contributed by atoms with Crippen LogP contribution in [0.25, 0.3) is 0 Å². The van der Waals surface area contributed by atoms with Crippen molar-refractivity contribution in [1.29, 1.82) is 0 Å². The lowest BCUT2D eigenvalue weighted by Gasteiger charge is -2.18. The van der Waals surface area contributed by atoms with Gasteiger partial charge in [-0.05, 0) is 85.8 Å². The third kappa shape index (κ3) is 4.33. The summed E-state index contributed by atoms with van der Waals surface area (Å²) < 4.78 is 5.55. The van der Waals surface area contributed by atoms with Gasteiger partial charge in [0.1, 0.15) is 5.75 Å². The summed E-state index contributed by atoms with van der Waals surface area (Å²) in [5, 5.41) is 0.845. The lowest BCUT2D eigenvalue weighted by molar-refractivity contribution is 0.340. The molecule has 1 unspecified atom stereocenters. The third-order valence-electron chi connectivity index (χ3n) is 5.31. The highest BCUT2D eigenvalue weighted by molar-refractivity contribution is 6.30. The topological polar surface area (TPSA) is 9.23 Å². The minimum absolute atomic E-state index is 0.577. The summed E-state index contributed by atoms with van der Waals surface area (Å²) >= 11 is 6.13. The monoisotopic (exact) mass is 342 g/mol. The Kier molecular flexibility index (Phi) is 5.84. The number of hydrogen-bond acceptors (Lipinski definition) is 1. The lowest BCUT2D eigenvalue weighted by Crippen LogP contribution is -2.03. The zero-order chi connectivity index (χ0) is 16.9. The predicted molar refractivity (Wildman–Crippen MR) is 102 cm³/mol. The normalized spacial score (nSPS) is 21.6. The molecule has 1 fully saturated rings. The van der Waals surface area contributed by atoms with Crippen LogP contribution in [0.4, 0.5) is 0 Å². The van der Waals surface area contributed by atoms with Gasteiger partial charge in [-0.2, -0.15) is 0 Å². The fraction of sp³-hybridized carbons (Fsp3) is 0.455. The first-order valence-corrected chi connectivity index (χ1v) is 9.51. The molecule has 1 aliphatic carbocycles. The van der Waals surface area contributed by atoms with Crippen molar-refractivity contribution in [3.8, 4) is 5.75 Å². The molecule has 2 heteroatoms. The molecule has 128 valence electrons. The molecular weight excluding hydrogens is 316 g/mol. The zero-order valence-corrected chi connectivity index (χ0v) is 15.4. The summed E-state index contributed by atoms with van der Waals surface area (Å²) in [6.07, 6.45) is 5.20. The molecule has 2 aromatic rings. The Morgan fingerprint density at radius 2 is 1.92 bits per heavy atom. The second kappa shape index (κ2) is 8.07. The van der Waals surface area contributed by atoms with Gasteiger partial charge in [-0.3, -0.25) is 0 Å². The van der Waals surface area contributed by atoms with Crippen LogP contribution < -0.4 is 4.74 Å². The first kappa shape index (κ1) is 17.4. The van der Waals surface area contributed by atoms with E-state index in [1.807, 2.05) is 13.0 Å². The highest BCUT2D eigenvalue weighted by Crippen LogP contribution is 2.42. The zero-order valence-electron chi connectivity index (χ0n) is 14.7. The van der Waals surface area contributed by atoms with E-state index in [0.29, 0.717) is 11.8 Å². The van der Waals surface area contributed by atoms with Crippen molar-refractivity contribution in [2.75, 3.05) is 6.61 Å². The number of halogens is 1. The number of hydrogen-bond donors (Lipinski definition) is 0. The lowest BCUT2D eigenvalue weighted by atomic mass is 9.88. The van der Waals surface area contributed by atoms with E-state index in [9.17, 15) is 0 Å². The summed E-state index contributed by atoms with van der Waals surface area (Å²) in [6, 6.07) is 17.1. The Balaban J connectivity index is 1.57. The van der Waals surface area contributed by atoms with Crippen LogP contribution in [0, 0.1) is 5.92 Å². The van der Waals surface area contributed by atoms with Crippen LogP contribution in [-0.4, -0.2) is 6.61 Å².